The number of rotatable bonds is 4. The van der Waals surface area contributed by atoms with E-state index in [0.29, 0.717) is 17.6 Å². The van der Waals surface area contributed by atoms with Crippen LogP contribution in [0.4, 0.5) is 0 Å². The molecule has 7 heteroatoms. The summed E-state index contributed by atoms with van der Waals surface area (Å²) >= 11 is 0. The number of aromatic nitrogens is 3. The molecule has 0 saturated carbocycles. The zero-order chi connectivity index (χ0) is 22.2. The highest BCUT2D eigenvalue weighted by molar-refractivity contribution is 5.80. The van der Waals surface area contributed by atoms with Gasteiger partial charge in [-0.15, -0.1) is 0 Å². The Morgan fingerprint density at radius 2 is 1.91 bits per heavy atom. The quantitative estimate of drug-likeness (QED) is 0.742. The lowest BCUT2D eigenvalue weighted by Gasteiger charge is -2.34. The molecule has 0 radical (unpaired) electrons. The van der Waals surface area contributed by atoms with Crippen molar-refractivity contribution in [2.75, 3.05) is 19.6 Å². The van der Waals surface area contributed by atoms with Gasteiger partial charge in [0, 0.05) is 36.6 Å². The van der Waals surface area contributed by atoms with Gasteiger partial charge < -0.3 is 9.80 Å². The molecule has 4 heterocycles. The lowest BCUT2D eigenvalue weighted by atomic mass is 9.92. The van der Waals surface area contributed by atoms with Crippen LogP contribution in [0.1, 0.15) is 82.1 Å². The molecule has 172 valence electrons. The summed E-state index contributed by atoms with van der Waals surface area (Å²) in [6, 6.07) is 4.26. The second-order valence-corrected chi connectivity index (χ2v) is 10.00. The predicted octanol–water partition coefficient (Wildman–Crippen LogP) is 3.63. The van der Waals surface area contributed by atoms with E-state index in [0.717, 1.165) is 76.0 Å². The van der Waals surface area contributed by atoms with Gasteiger partial charge in [-0.3, -0.25) is 14.7 Å². The summed E-state index contributed by atoms with van der Waals surface area (Å²) in [5, 5.41) is 3.27. The van der Waals surface area contributed by atoms with Gasteiger partial charge in [-0.05, 0) is 71.9 Å². The van der Waals surface area contributed by atoms with E-state index in [1.54, 1.807) is 10.6 Å². The molecule has 1 amide bonds. The number of hydrogen-bond acceptors (Lipinski definition) is 4. The minimum atomic E-state index is -0.0594. The zero-order valence-electron chi connectivity index (χ0n) is 19.3. The molecule has 2 aromatic rings. The van der Waals surface area contributed by atoms with Crippen LogP contribution in [-0.4, -0.2) is 56.0 Å². The molecule has 2 aromatic heterocycles. The van der Waals surface area contributed by atoms with Gasteiger partial charge in [0.15, 0.2) is 5.65 Å². The maximum absolute atomic E-state index is 13.2. The molecule has 0 bridgehead atoms. The summed E-state index contributed by atoms with van der Waals surface area (Å²) < 4.78 is 1.55. The van der Waals surface area contributed by atoms with Crippen molar-refractivity contribution in [3.63, 3.8) is 0 Å². The number of hydrogen-bond donors (Lipinski definition) is 1. The molecule has 0 spiro atoms. The summed E-state index contributed by atoms with van der Waals surface area (Å²) in [4.78, 5) is 35.5. The first kappa shape index (κ1) is 21.4. The Hall–Kier alpha value is -2.41. The van der Waals surface area contributed by atoms with Crippen LogP contribution in [0, 0.1) is 5.92 Å². The SMILES string of the molecule is CC(C)N1CCC(c2cc(=O)n3[nH]c(C4CCCN4C(=O)C4CC=CCC4)cc3n2)CC1. The first-order valence-corrected chi connectivity index (χ1v) is 12.3. The third-order valence-electron chi connectivity index (χ3n) is 7.68. The minimum absolute atomic E-state index is 0.00670. The highest BCUT2D eigenvalue weighted by atomic mass is 16.2. The fraction of sp³-hybridized carbons (Fsp3) is 0.640. The fourth-order valence-electron chi connectivity index (χ4n) is 5.73. The summed E-state index contributed by atoms with van der Waals surface area (Å²) in [5.41, 5.74) is 2.46. The lowest BCUT2D eigenvalue weighted by Crippen LogP contribution is -2.38. The second kappa shape index (κ2) is 8.85. The van der Waals surface area contributed by atoms with Crippen molar-refractivity contribution in [3.05, 3.63) is 46.0 Å². The molecule has 2 saturated heterocycles. The number of H-pyrrole nitrogens is 1. The van der Waals surface area contributed by atoms with Crippen LogP contribution < -0.4 is 5.56 Å². The third-order valence-corrected chi connectivity index (χ3v) is 7.68. The first-order valence-electron chi connectivity index (χ1n) is 12.3. The van der Waals surface area contributed by atoms with Gasteiger partial charge in [0.05, 0.1) is 17.4 Å². The molecule has 1 N–H and O–H groups in total. The highest BCUT2D eigenvalue weighted by Gasteiger charge is 2.35. The highest BCUT2D eigenvalue weighted by Crippen LogP contribution is 2.35. The van der Waals surface area contributed by atoms with E-state index < -0.39 is 0 Å². The Bertz CT molecular complexity index is 1060. The largest absolute Gasteiger partial charge is 0.334 e. The van der Waals surface area contributed by atoms with E-state index in [4.69, 9.17) is 4.98 Å². The van der Waals surface area contributed by atoms with Crippen LogP contribution in [-0.2, 0) is 4.79 Å². The minimum Gasteiger partial charge on any atom is -0.334 e. The topological polar surface area (TPSA) is 73.7 Å². The molecule has 2 fully saturated rings. The van der Waals surface area contributed by atoms with E-state index in [2.05, 4.69) is 36.0 Å². The van der Waals surface area contributed by atoms with E-state index >= 15 is 0 Å². The Labute approximate surface area is 189 Å². The number of allylic oxidation sites excluding steroid dienone is 2. The molecule has 3 aliphatic rings. The molecule has 5 rings (SSSR count). The molecule has 0 aromatic carbocycles. The Kier molecular flexibility index (Phi) is 5.93. The van der Waals surface area contributed by atoms with Crippen molar-refractivity contribution in [1.29, 1.82) is 0 Å². The summed E-state index contributed by atoms with van der Waals surface area (Å²) in [6.45, 7) is 7.37. The predicted molar refractivity (Wildman–Crippen MR) is 125 cm³/mol. The average Bonchev–Trinajstić information content (AvgIpc) is 3.46. The van der Waals surface area contributed by atoms with Crippen molar-refractivity contribution in [1.82, 2.24) is 24.4 Å². The molecular formula is C25H35N5O2. The second-order valence-electron chi connectivity index (χ2n) is 10.00. The zero-order valence-corrected chi connectivity index (χ0v) is 19.3. The standard InChI is InChI=1S/C25H35N5O2/c1-17(2)28-13-10-18(11-14-28)20-16-24(31)30-23(26-20)15-21(27-30)22-9-6-12-29(22)25(32)19-7-4-3-5-8-19/h3-4,15-19,22,27H,5-14H2,1-2H3. The van der Waals surface area contributed by atoms with Gasteiger partial charge in [0.25, 0.3) is 5.56 Å². The molecule has 2 atom stereocenters. The molecule has 2 aliphatic heterocycles. The van der Waals surface area contributed by atoms with Crippen molar-refractivity contribution in [2.24, 2.45) is 5.92 Å². The number of nitrogens with zero attached hydrogens (tertiary/aromatic N) is 4. The molecule has 32 heavy (non-hydrogen) atoms. The Balaban J connectivity index is 1.37. The molecule has 1 aliphatic carbocycles. The molecule has 7 nitrogen and oxygen atoms in total. The molecule has 2 unspecified atom stereocenters. The summed E-state index contributed by atoms with van der Waals surface area (Å²) in [7, 11) is 0. The van der Waals surface area contributed by atoms with E-state index in [1.807, 2.05) is 11.0 Å². The summed E-state index contributed by atoms with van der Waals surface area (Å²) in [5.74, 6) is 0.688. The monoisotopic (exact) mass is 437 g/mol. The first-order chi connectivity index (χ1) is 15.5. The lowest BCUT2D eigenvalue weighted by molar-refractivity contribution is -0.136. The van der Waals surface area contributed by atoms with Gasteiger partial charge in [0.1, 0.15) is 0 Å². The van der Waals surface area contributed by atoms with Crippen molar-refractivity contribution >= 4 is 11.6 Å². The average molecular weight is 438 g/mol. The Morgan fingerprint density at radius 1 is 1.09 bits per heavy atom. The van der Waals surface area contributed by atoms with Crippen molar-refractivity contribution < 1.29 is 4.79 Å². The number of nitrogens with one attached hydrogen (secondary N) is 1. The maximum Gasteiger partial charge on any atom is 0.272 e. The number of likely N-dealkylation sites (tertiary alicyclic amines) is 2. The number of fused-ring (bicyclic) bond motifs is 1. The molecular weight excluding hydrogens is 402 g/mol. The normalized spacial score (nSPS) is 25.3. The number of aromatic amines is 1. The Morgan fingerprint density at radius 3 is 2.62 bits per heavy atom. The van der Waals surface area contributed by atoms with Crippen molar-refractivity contribution in [3.8, 4) is 0 Å². The maximum atomic E-state index is 13.2. The van der Waals surface area contributed by atoms with Crippen LogP contribution in [0.2, 0.25) is 0 Å². The third kappa shape index (κ3) is 4.03. The van der Waals surface area contributed by atoms with Gasteiger partial charge in [0.2, 0.25) is 5.91 Å². The van der Waals surface area contributed by atoms with Crippen LogP contribution in [0.15, 0.2) is 29.1 Å². The summed E-state index contributed by atoms with van der Waals surface area (Å²) in [6.07, 6.45) is 11.1. The van der Waals surface area contributed by atoms with E-state index in [9.17, 15) is 9.59 Å². The van der Waals surface area contributed by atoms with Crippen LogP contribution in [0.5, 0.6) is 0 Å². The fourth-order valence-corrected chi connectivity index (χ4v) is 5.73. The van der Waals surface area contributed by atoms with E-state index in [-0.39, 0.29) is 23.4 Å². The number of carbonyl (C=O) groups excluding carboxylic acids is 1. The van der Waals surface area contributed by atoms with Crippen LogP contribution in [0.3, 0.4) is 0 Å². The van der Waals surface area contributed by atoms with Gasteiger partial charge >= 0.3 is 0 Å². The number of piperidine rings is 1. The number of carbonyl (C=O) groups is 1. The van der Waals surface area contributed by atoms with Gasteiger partial charge in [-0.1, -0.05) is 12.2 Å². The smallest absolute Gasteiger partial charge is 0.272 e. The number of amides is 1. The van der Waals surface area contributed by atoms with Gasteiger partial charge in [-0.25, -0.2) is 9.50 Å². The van der Waals surface area contributed by atoms with Gasteiger partial charge in [-0.2, -0.15) is 0 Å². The van der Waals surface area contributed by atoms with E-state index in [1.165, 1.54) is 0 Å². The van der Waals surface area contributed by atoms with Crippen molar-refractivity contribution in [2.45, 2.75) is 76.8 Å². The van der Waals surface area contributed by atoms with Crippen LogP contribution in [0.25, 0.3) is 5.65 Å². The van der Waals surface area contributed by atoms with Crippen LogP contribution >= 0.6 is 0 Å².